The molecule has 7 heteroatoms. The minimum atomic E-state index is -0.391. The lowest BCUT2D eigenvalue weighted by Gasteiger charge is -2.03. The van der Waals surface area contributed by atoms with Crippen molar-refractivity contribution in [1.29, 1.82) is 0 Å². The summed E-state index contributed by atoms with van der Waals surface area (Å²) < 4.78 is 6.73. The summed E-state index contributed by atoms with van der Waals surface area (Å²) in [5, 5.41) is 5.38. The second kappa shape index (κ2) is 7.00. The number of rotatable bonds is 6. The quantitative estimate of drug-likeness (QED) is 0.740. The predicted molar refractivity (Wildman–Crippen MR) is 94.5 cm³/mol. The molecule has 6 nitrogen and oxygen atoms in total. The van der Waals surface area contributed by atoms with Crippen molar-refractivity contribution in [2.75, 3.05) is 5.32 Å². The molecule has 0 radical (unpaired) electrons. The van der Waals surface area contributed by atoms with Crippen molar-refractivity contribution in [2.24, 2.45) is 0 Å². The van der Waals surface area contributed by atoms with Gasteiger partial charge in [0.25, 0.3) is 0 Å². The number of aryl methyl sites for hydroxylation is 1. The molecule has 0 bridgehead atoms. The highest BCUT2D eigenvalue weighted by atomic mass is 32.1. The van der Waals surface area contributed by atoms with E-state index < -0.39 is 5.76 Å². The lowest BCUT2D eigenvalue weighted by Crippen LogP contribution is -2.17. The fourth-order valence-corrected chi connectivity index (χ4v) is 3.30. The van der Waals surface area contributed by atoms with Crippen LogP contribution in [0.1, 0.15) is 38.3 Å². The van der Waals surface area contributed by atoms with Crippen LogP contribution < -0.4 is 11.1 Å². The smallest absolute Gasteiger partial charge is 0.408 e. The highest BCUT2D eigenvalue weighted by Gasteiger charge is 2.11. The van der Waals surface area contributed by atoms with Gasteiger partial charge in [-0.05, 0) is 24.5 Å². The van der Waals surface area contributed by atoms with Gasteiger partial charge in [0.1, 0.15) is 0 Å². The molecule has 0 aliphatic carbocycles. The molecule has 1 aromatic carbocycles. The molecule has 126 valence electrons. The zero-order valence-corrected chi connectivity index (χ0v) is 14.4. The molecule has 0 aliphatic heterocycles. The van der Waals surface area contributed by atoms with Crippen molar-refractivity contribution in [1.82, 2.24) is 9.55 Å². The van der Waals surface area contributed by atoms with Crippen molar-refractivity contribution in [3.05, 3.63) is 45.9 Å². The molecule has 0 saturated heterocycles. The molecule has 2 aromatic heterocycles. The second-order valence-electron chi connectivity index (χ2n) is 5.87. The number of oxazole rings is 1. The Balaban J connectivity index is 1.56. The van der Waals surface area contributed by atoms with Gasteiger partial charge >= 0.3 is 5.76 Å². The highest BCUT2D eigenvalue weighted by Crippen LogP contribution is 2.21. The third-order valence-electron chi connectivity index (χ3n) is 3.72. The molecule has 0 unspecified atom stereocenters. The van der Waals surface area contributed by atoms with Gasteiger partial charge in [-0.3, -0.25) is 9.36 Å². The molecule has 0 aliphatic rings. The van der Waals surface area contributed by atoms with Crippen molar-refractivity contribution in [3.63, 3.8) is 0 Å². The SMILES string of the molecule is CC(C)c1csc(NC(=O)CCCn2c(=O)oc3ccccc32)n1. The average Bonchev–Trinajstić information content (AvgIpc) is 3.12. The number of aromatic nitrogens is 2. The summed E-state index contributed by atoms with van der Waals surface area (Å²) in [5.74, 6) is -0.147. The largest absolute Gasteiger partial charge is 0.419 e. The van der Waals surface area contributed by atoms with Crippen LogP contribution in [-0.4, -0.2) is 15.5 Å². The van der Waals surface area contributed by atoms with E-state index in [1.807, 2.05) is 23.6 Å². The first-order valence-corrected chi connectivity index (χ1v) is 8.76. The van der Waals surface area contributed by atoms with Gasteiger partial charge in [0.05, 0.1) is 11.2 Å². The van der Waals surface area contributed by atoms with E-state index in [0.717, 1.165) is 11.2 Å². The van der Waals surface area contributed by atoms with E-state index in [9.17, 15) is 9.59 Å². The van der Waals surface area contributed by atoms with Crippen LogP contribution in [-0.2, 0) is 11.3 Å². The van der Waals surface area contributed by atoms with Crippen molar-refractivity contribution < 1.29 is 9.21 Å². The minimum Gasteiger partial charge on any atom is -0.408 e. The Labute approximate surface area is 143 Å². The van der Waals surface area contributed by atoms with Gasteiger partial charge in [0.2, 0.25) is 5.91 Å². The Morgan fingerprint density at radius 2 is 2.17 bits per heavy atom. The summed E-state index contributed by atoms with van der Waals surface area (Å²) in [6.07, 6.45) is 0.875. The number of carbonyl (C=O) groups is 1. The van der Waals surface area contributed by atoms with Crippen LogP contribution in [0.3, 0.4) is 0 Å². The fraction of sp³-hybridized carbons (Fsp3) is 0.353. The molecule has 0 spiro atoms. The molecule has 3 rings (SSSR count). The molecule has 0 saturated carbocycles. The van der Waals surface area contributed by atoms with Gasteiger partial charge < -0.3 is 9.73 Å². The summed E-state index contributed by atoms with van der Waals surface area (Å²) >= 11 is 1.43. The Kier molecular flexibility index (Phi) is 4.80. The summed E-state index contributed by atoms with van der Waals surface area (Å²) in [4.78, 5) is 28.3. The number of nitrogens with one attached hydrogen (secondary N) is 1. The zero-order chi connectivity index (χ0) is 17.1. The summed E-state index contributed by atoms with van der Waals surface area (Å²) in [6, 6.07) is 7.27. The average molecular weight is 345 g/mol. The number of amides is 1. The molecule has 1 N–H and O–H groups in total. The number of carbonyl (C=O) groups excluding carboxylic acids is 1. The Morgan fingerprint density at radius 3 is 2.92 bits per heavy atom. The minimum absolute atomic E-state index is 0.0968. The van der Waals surface area contributed by atoms with Crippen LogP contribution in [0.2, 0.25) is 0 Å². The van der Waals surface area contributed by atoms with Crippen LogP contribution in [0, 0.1) is 0 Å². The third-order valence-corrected chi connectivity index (χ3v) is 4.50. The number of hydrogen-bond donors (Lipinski definition) is 1. The highest BCUT2D eigenvalue weighted by molar-refractivity contribution is 7.13. The number of benzene rings is 1. The van der Waals surface area contributed by atoms with Crippen LogP contribution in [0.5, 0.6) is 0 Å². The topological polar surface area (TPSA) is 77.1 Å². The maximum absolute atomic E-state index is 12.0. The van der Waals surface area contributed by atoms with Crippen LogP contribution in [0.25, 0.3) is 11.1 Å². The van der Waals surface area contributed by atoms with Crippen LogP contribution >= 0.6 is 11.3 Å². The molecule has 3 aromatic rings. The monoisotopic (exact) mass is 345 g/mol. The Hall–Kier alpha value is -2.41. The Bertz CT molecular complexity index is 907. The first kappa shape index (κ1) is 16.4. The molecule has 2 heterocycles. The number of para-hydroxylation sites is 2. The molecule has 0 atom stereocenters. The summed E-state index contributed by atoms with van der Waals surface area (Å²) in [7, 11) is 0. The van der Waals surface area contributed by atoms with E-state index in [1.165, 1.54) is 11.3 Å². The number of anilines is 1. The lowest BCUT2D eigenvalue weighted by atomic mass is 10.2. The van der Waals surface area contributed by atoms with E-state index >= 15 is 0 Å². The third kappa shape index (κ3) is 3.56. The van der Waals surface area contributed by atoms with Crippen LogP contribution in [0.15, 0.2) is 38.9 Å². The molecular formula is C17H19N3O3S. The number of fused-ring (bicyclic) bond motifs is 1. The molecule has 1 amide bonds. The Morgan fingerprint density at radius 1 is 1.38 bits per heavy atom. The number of hydrogen-bond acceptors (Lipinski definition) is 5. The van der Waals surface area contributed by atoms with Crippen molar-refractivity contribution in [3.8, 4) is 0 Å². The van der Waals surface area contributed by atoms with E-state index in [4.69, 9.17) is 4.42 Å². The van der Waals surface area contributed by atoms with E-state index in [0.29, 0.717) is 36.0 Å². The molecular weight excluding hydrogens is 326 g/mol. The maximum atomic E-state index is 12.0. The van der Waals surface area contributed by atoms with Crippen molar-refractivity contribution >= 4 is 33.5 Å². The maximum Gasteiger partial charge on any atom is 0.419 e. The van der Waals surface area contributed by atoms with E-state index in [2.05, 4.69) is 24.1 Å². The van der Waals surface area contributed by atoms with E-state index in [-0.39, 0.29) is 5.91 Å². The first-order chi connectivity index (χ1) is 11.5. The van der Waals surface area contributed by atoms with Gasteiger partial charge in [-0.25, -0.2) is 9.78 Å². The van der Waals surface area contributed by atoms with Gasteiger partial charge in [0, 0.05) is 18.3 Å². The standard InChI is InChI=1S/C17H19N3O3S/c1-11(2)12-10-24-16(18-12)19-15(21)8-5-9-20-13-6-3-4-7-14(13)23-17(20)22/h3-4,6-7,10-11H,5,8-9H2,1-2H3,(H,18,19,21). The van der Waals surface area contributed by atoms with Gasteiger partial charge in [-0.15, -0.1) is 11.3 Å². The second-order valence-corrected chi connectivity index (χ2v) is 6.73. The predicted octanol–water partition coefficient (Wildman–Crippen LogP) is 3.59. The number of thiazole rings is 1. The van der Waals surface area contributed by atoms with Crippen molar-refractivity contribution in [2.45, 2.75) is 39.2 Å². The molecule has 0 fully saturated rings. The van der Waals surface area contributed by atoms with E-state index in [1.54, 1.807) is 10.6 Å². The normalized spacial score (nSPS) is 11.3. The van der Waals surface area contributed by atoms with Crippen LogP contribution in [0.4, 0.5) is 5.13 Å². The summed E-state index contributed by atoms with van der Waals surface area (Å²) in [6.45, 7) is 4.57. The first-order valence-electron chi connectivity index (χ1n) is 7.88. The fourth-order valence-electron chi connectivity index (χ4n) is 2.41. The molecule has 24 heavy (non-hydrogen) atoms. The summed E-state index contributed by atoms with van der Waals surface area (Å²) in [5.41, 5.74) is 2.30. The zero-order valence-electron chi connectivity index (χ0n) is 13.6. The lowest BCUT2D eigenvalue weighted by molar-refractivity contribution is -0.116. The van der Waals surface area contributed by atoms with Gasteiger partial charge in [-0.1, -0.05) is 26.0 Å². The number of nitrogens with zero attached hydrogens (tertiary/aromatic N) is 2. The van der Waals surface area contributed by atoms with Gasteiger partial charge in [0.15, 0.2) is 10.7 Å². The van der Waals surface area contributed by atoms with Gasteiger partial charge in [-0.2, -0.15) is 0 Å².